The number of thioether (sulfide) groups is 1. The van der Waals surface area contributed by atoms with Crippen molar-refractivity contribution in [2.75, 3.05) is 0 Å². The fourth-order valence-corrected chi connectivity index (χ4v) is 3.30. The highest BCUT2D eigenvalue weighted by molar-refractivity contribution is 9.10. The van der Waals surface area contributed by atoms with Crippen molar-refractivity contribution in [3.8, 4) is 5.95 Å². The molecule has 0 aliphatic rings. The highest BCUT2D eigenvalue weighted by Gasteiger charge is 2.10. The summed E-state index contributed by atoms with van der Waals surface area (Å²) in [5.41, 5.74) is 2.39. The van der Waals surface area contributed by atoms with Crippen LogP contribution >= 0.6 is 27.7 Å². The van der Waals surface area contributed by atoms with Crippen LogP contribution in [0, 0.1) is 0 Å². The lowest BCUT2D eigenvalue weighted by atomic mass is 10.3. The fourth-order valence-electron chi connectivity index (χ4n) is 2.32. The number of rotatable bonds is 4. The lowest BCUT2D eigenvalue weighted by molar-refractivity contribution is 0.789. The van der Waals surface area contributed by atoms with Gasteiger partial charge in [0.2, 0.25) is 5.95 Å². The summed E-state index contributed by atoms with van der Waals surface area (Å²) in [5, 5.41) is 3.99. The molecule has 1 aromatic carbocycles. The first kappa shape index (κ1) is 15.2. The fraction of sp³-hybridized carbons (Fsp3) is 0.0625. The van der Waals surface area contributed by atoms with E-state index >= 15 is 0 Å². The van der Waals surface area contributed by atoms with Crippen molar-refractivity contribution in [1.82, 2.24) is 24.7 Å². The van der Waals surface area contributed by atoms with E-state index < -0.39 is 0 Å². The number of pyridine rings is 1. The van der Waals surface area contributed by atoms with Gasteiger partial charge in [0.05, 0.1) is 16.1 Å². The molecule has 0 aliphatic carbocycles. The summed E-state index contributed by atoms with van der Waals surface area (Å²) in [6.07, 6.45) is 1.75. The largest absolute Gasteiger partial charge is 0.322 e. The molecule has 6 nitrogen and oxygen atoms in total. The van der Waals surface area contributed by atoms with Gasteiger partial charge in [0.15, 0.2) is 0 Å². The second-order valence-corrected chi connectivity index (χ2v) is 7.05. The molecule has 0 spiro atoms. The number of fused-ring (bicyclic) bond motifs is 1. The number of nitrogens with zero attached hydrogens (tertiary/aromatic N) is 3. The van der Waals surface area contributed by atoms with Gasteiger partial charge in [0.1, 0.15) is 0 Å². The highest BCUT2D eigenvalue weighted by atomic mass is 79.9. The number of aromatic amines is 2. The van der Waals surface area contributed by atoms with Gasteiger partial charge in [-0.2, -0.15) is 4.68 Å². The number of para-hydroxylation sites is 2. The number of benzene rings is 1. The van der Waals surface area contributed by atoms with Gasteiger partial charge in [-0.3, -0.25) is 9.89 Å². The number of aromatic nitrogens is 5. The molecule has 8 heteroatoms. The normalized spacial score (nSPS) is 11.2. The van der Waals surface area contributed by atoms with Crippen molar-refractivity contribution in [2.24, 2.45) is 0 Å². The van der Waals surface area contributed by atoms with Gasteiger partial charge in [-0.25, -0.2) is 9.97 Å². The van der Waals surface area contributed by atoms with Gasteiger partial charge >= 0.3 is 0 Å². The SMILES string of the molecule is O=c1cc(CSc2ccc(Br)cn2)[nH]n1-c1nc2ccccc2[nH]1. The van der Waals surface area contributed by atoms with Crippen molar-refractivity contribution in [1.29, 1.82) is 0 Å². The first-order valence-corrected chi connectivity index (χ1v) is 8.97. The number of imidazole rings is 1. The summed E-state index contributed by atoms with van der Waals surface area (Å²) in [4.78, 5) is 24.1. The first-order chi connectivity index (χ1) is 11.7. The van der Waals surface area contributed by atoms with Crippen LogP contribution < -0.4 is 5.56 Å². The topological polar surface area (TPSA) is 79.4 Å². The van der Waals surface area contributed by atoms with E-state index in [1.807, 2.05) is 36.4 Å². The lowest BCUT2D eigenvalue weighted by Gasteiger charge is -1.99. The van der Waals surface area contributed by atoms with Crippen LogP contribution in [0.1, 0.15) is 5.69 Å². The summed E-state index contributed by atoms with van der Waals surface area (Å²) < 4.78 is 2.36. The van der Waals surface area contributed by atoms with E-state index in [2.05, 4.69) is 36.0 Å². The minimum Gasteiger partial charge on any atom is -0.322 e. The van der Waals surface area contributed by atoms with Gasteiger partial charge < -0.3 is 4.98 Å². The Morgan fingerprint density at radius 1 is 1.21 bits per heavy atom. The van der Waals surface area contributed by atoms with Crippen LogP contribution in [0.25, 0.3) is 17.0 Å². The number of hydrogen-bond acceptors (Lipinski definition) is 4. The predicted molar refractivity (Wildman–Crippen MR) is 97.5 cm³/mol. The van der Waals surface area contributed by atoms with E-state index in [0.717, 1.165) is 26.2 Å². The van der Waals surface area contributed by atoms with Gasteiger partial charge in [-0.1, -0.05) is 12.1 Å². The molecule has 24 heavy (non-hydrogen) atoms. The average molecular weight is 402 g/mol. The maximum atomic E-state index is 12.2. The molecule has 0 saturated carbocycles. The van der Waals surface area contributed by atoms with Gasteiger partial charge in [0, 0.05) is 28.2 Å². The second kappa shape index (κ2) is 6.29. The van der Waals surface area contributed by atoms with Crippen molar-refractivity contribution in [3.63, 3.8) is 0 Å². The van der Waals surface area contributed by atoms with Crippen molar-refractivity contribution in [2.45, 2.75) is 10.8 Å². The van der Waals surface area contributed by atoms with Crippen LogP contribution in [-0.2, 0) is 5.75 Å². The van der Waals surface area contributed by atoms with Crippen LogP contribution in [0.5, 0.6) is 0 Å². The Kier molecular flexibility index (Phi) is 3.99. The third-order valence-corrected chi connectivity index (χ3v) is 4.90. The van der Waals surface area contributed by atoms with Gasteiger partial charge in [-0.15, -0.1) is 11.8 Å². The Hall–Kier alpha value is -2.32. The molecule has 0 aliphatic heterocycles. The third-order valence-electron chi connectivity index (χ3n) is 3.44. The molecule has 120 valence electrons. The first-order valence-electron chi connectivity index (χ1n) is 7.19. The van der Waals surface area contributed by atoms with Crippen molar-refractivity contribution >= 4 is 38.7 Å². The van der Waals surface area contributed by atoms with Crippen molar-refractivity contribution < 1.29 is 0 Å². The molecule has 0 radical (unpaired) electrons. The standard InChI is InChI=1S/C16H12BrN5OS/c17-10-5-6-14(18-8-10)24-9-11-7-15(23)22(21-11)16-19-12-3-1-2-4-13(12)20-16/h1-8,21H,9H2,(H,19,20). The second-order valence-electron chi connectivity index (χ2n) is 5.14. The number of hydrogen-bond donors (Lipinski definition) is 2. The molecule has 0 unspecified atom stereocenters. The molecule has 0 atom stereocenters. The maximum Gasteiger partial charge on any atom is 0.274 e. The molecule has 4 aromatic rings. The van der Waals surface area contributed by atoms with E-state index in [4.69, 9.17) is 0 Å². The Balaban J connectivity index is 1.57. The van der Waals surface area contributed by atoms with E-state index in [-0.39, 0.29) is 5.56 Å². The molecule has 3 aromatic heterocycles. The molecule has 3 heterocycles. The van der Waals surface area contributed by atoms with E-state index in [1.54, 1.807) is 24.0 Å². The molecular formula is C16H12BrN5OS. The molecule has 2 N–H and O–H groups in total. The third kappa shape index (κ3) is 3.02. The minimum absolute atomic E-state index is 0.145. The van der Waals surface area contributed by atoms with Crippen LogP contribution in [-0.4, -0.2) is 24.7 Å². The molecule has 0 saturated heterocycles. The van der Waals surface area contributed by atoms with E-state index in [9.17, 15) is 4.79 Å². The summed E-state index contributed by atoms with van der Waals surface area (Å²) in [5.74, 6) is 1.11. The Morgan fingerprint density at radius 2 is 2.08 bits per heavy atom. The van der Waals surface area contributed by atoms with Crippen LogP contribution in [0.3, 0.4) is 0 Å². The maximum absolute atomic E-state index is 12.2. The quantitative estimate of drug-likeness (QED) is 0.513. The van der Waals surface area contributed by atoms with Crippen LogP contribution in [0.15, 0.2) is 63.0 Å². The zero-order valence-electron chi connectivity index (χ0n) is 12.4. The van der Waals surface area contributed by atoms with E-state index in [0.29, 0.717) is 11.7 Å². The Bertz CT molecular complexity index is 1020. The summed E-state index contributed by atoms with van der Waals surface area (Å²) in [6.45, 7) is 0. The predicted octanol–water partition coefficient (Wildman–Crippen LogP) is 3.49. The number of nitrogens with one attached hydrogen (secondary N) is 2. The highest BCUT2D eigenvalue weighted by Crippen LogP contribution is 2.21. The minimum atomic E-state index is -0.145. The van der Waals surface area contributed by atoms with Crippen LogP contribution in [0.2, 0.25) is 0 Å². The Morgan fingerprint density at radius 3 is 2.88 bits per heavy atom. The Labute approximate surface area is 149 Å². The van der Waals surface area contributed by atoms with Crippen LogP contribution in [0.4, 0.5) is 0 Å². The zero-order valence-corrected chi connectivity index (χ0v) is 14.8. The monoisotopic (exact) mass is 401 g/mol. The zero-order chi connectivity index (χ0) is 16.5. The van der Waals surface area contributed by atoms with E-state index in [1.165, 1.54) is 4.68 Å². The molecular weight excluding hydrogens is 390 g/mol. The van der Waals surface area contributed by atoms with Crippen molar-refractivity contribution in [3.05, 3.63) is 69.2 Å². The molecule has 0 amide bonds. The molecule has 0 bridgehead atoms. The molecule has 4 rings (SSSR count). The molecule has 0 fully saturated rings. The number of halogens is 1. The summed E-state index contributed by atoms with van der Waals surface area (Å²) in [7, 11) is 0. The van der Waals surface area contributed by atoms with Gasteiger partial charge in [0.25, 0.3) is 5.56 Å². The summed E-state index contributed by atoms with van der Waals surface area (Å²) >= 11 is 4.92. The number of H-pyrrole nitrogens is 2. The summed E-state index contributed by atoms with van der Waals surface area (Å²) in [6, 6.07) is 13.1. The van der Waals surface area contributed by atoms with Gasteiger partial charge in [-0.05, 0) is 40.2 Å². The average Bonchev–Trinajstić information content (AvgIpc) is 3.17. The lowest BCUT2D eigenvalue weighted by Crippen LogP contribution is -2.14. The smallest absolute Gasteiger partial charge is 0.274 e.